The SMILES string of the molecule is CCOC[C@@]1(CCc2ccccc2)CCN(Cc2ccc(Nc3ncccn3)cc2)C1. The van der Waals surface area contributed by atoms with Gasteiger partial charge in [-0.25, -0.2) is 9.97 Å². The van der Waals surface area contributed by atoms with Crippen LogP contribution >= 0.6 is 0 Å². The first kappa shape index (κ1) is 21.5. The highest BCUT2D eigenvalue weighted by atomic mass is 16.5. The summed E-state index contributed by atoms with van der Waals surface area (Å²) in [5, 5.41) is 3.24. The van der Waals surface area contributed by atoms with Crippen LogP contribution in [0.4, 0.5) is 11.6 Å². The highest BCUT2D eigenvalue weighted by molar-refractivity contribution is 5.53. The van der Waals surface area contributed by atoms with Crippen LogP contribution in [0.3, 0.4) is 0 Å². The maximum absolute atomic E-state index is 5.93. The largest absolute Gasteiger partial charge is 0.381 e. The number of anilines is 2. The molecule has 0 amide bonds. The number of benzene rings is 2. The molecule has 0 radical (unpaired) electrons. The third-order valence-corrected chi connectivity index (χ3v) is 6.10. The van der Waals surface area contributed by atoms with Crippen LogP contribution in [0, 0.1) is 5.41 Å². The summed E-state index contributed by atoms with van der Waals surface area (Å²) in [6, 6.07) is 21.2. The van der Waals surface area contributed by atoms with E-state index in [1.54, 1.807) is 12.4 Å². The smallest absolute Gasteiger partial charge is 0.227 e. The van der Waals surface area contributed by atoms with Gasteiger partial charge in [-0.1, -0.05) is 42.5 Å². The molecule has 0 bridgehead atoms. The second-order valence-corrected chi connectivity index (χ2v) is 8.48. The lowest BCUT2D eigenvalue weighted by atomic mass is 9.82. The zero-order valence-corrected chi connectivity index (χ0v) is 18.3. The highest BCUT2D eigenvalue weighted by Gasteiger charge is 2.37. The Labute approximate surface area is 185 Å². The van der Waals surface area contributed by atoms with Crippen molar-refractivity contribution >= 4 is 11.6 Å². The van der Waals surface area contributed by atoms with Gasteiger partial charge >= 0.3 is 0 Å². The molecule has 4 rings (SSSR count). The summed E-state index contributed by atoms with van der Waals surface area (Å²) < 4.78 is 5.93. The van der Waals surface area contributed by atoms with Crippen LogP contribution in [-0.2, 0) is 17.7 Å². The summed E-state index contributed by atoms with van der Waals surface area (Å²) in [5.41, 5.74) is 4.00. The quantitative estimate of drug-likeness (QED) is 0.499. The zero-order valence-electron chi connectivity index (χ0n) is 18.3. The molecule has 0 saturated carbocycles. The minimum Gasteiger partial charge on any atom is -0.381 e. The van der Waals surface area contributed by atoms with E-state index in [-0.39, 0.29) is 5.41 Å². The summed E-state index contributed by atoms with van der Waals surface area (Å²) in [4.78, 5) is 11.0. The van der Waals surface area contributed by atoms with E-state index in [2.05, 4.69) is 81.7 Å². The summed E-state index contributed by atoms with van der Waals surface area (Å²) in [7, 11) is 0. The predicted octanol–water partition coefficient (Wildman–Crippen LogP) is 5.08. The molecule has 1 aliphatic rings. The fourth-order valence-corrected chi connectivity index (χ4v) is 4.37. The van der Waals surface area contributed by atoms with Crippen molar-refractivity contribution in [3.63, 3.8) is 0 Å². The Morgan fingerprint density at radius 1 is 0.968 bits per heavy atom. The van der Waals surface area contributed by atoms with Crippen molar-refractivity contribution in [1.29, 1.82) is 0 Å². The van der Waals surface area contributed by atoms with Crippen molar-refractivity contribution < 1.29 is 4.74 Å². The fourth-order valence-electron chi connectivity index (χ4n) is 4.37. The first-order valence-electron chi connectivity index (χ1n) is 11.2. The van der Waals surface area contributed by atoms with Crippen LogP contribution in [-0.4, -0.2) is 41.2 Å². The Kier molecular flexibility index (Phi) is 7.28. The minimum absolute atomic E-state index is 0.248. The van der Waals surface area contributed by atoms with Crippen LogP contribution in [0.5, 0.6) is 0 Å². The van der Waals surface area contributed by atoms with Gasteiger partial charge in [-0.05, 0) is 62.1 Å². The third kappa shape index (κ3) is 6.12. The van der Waals surface area contributed by atoms with Crippen molar-refractivity contribution in [3.8, 4) is 0 Å². The zero-order chi connectivity index (χ0) is 21.4. The van der Waals surface area contributed by atoms with Crippen molar-refractivity contribution in [1.82, 2.24) is 14.9 Å². The molecule has 0 spiro atoms. The van der Waals surface area contributed by atoms with Gasteiger partial charge in [0, 0.05) is 43.2 Å². The van der Waals surface area contributed by atoms with Gasteiger partial charge < -0.3 is 10.1 Å². The van der Waals surface area contributed by atoms with Gasteiger partial charge in [0.05, 0.1) is 6.61 Å². The molecule has 0 aliphatic carbocycles. The second-order valence-electron chi connectivity index (χ2n) is 8.48. The Balaban J connectivity index is 1.34. The number of nitrogens with zero attached hydrogens (tertiary/aromatic N) is 3. The fraction of sp³-hybridized carbons (Fsp3) is 0.385. The maximum atomic E-state index is 5.93. The lowest BCUT2D eigenvalue weighted by Gasteiger charge is -2.29. The van der Waals surface area contributed by atoms with Crippen molar-refractivity contribution in [2.45, 2.75) is 32.7 Å². The maximum Gasteiger partial charge on any atom is 0.227 e. The lowest BCUT2D eigenvalue weighted by molar-refractivity contribution is 0.0489. The molecule has 2 aromatic carbocycles. The van der Waals surface area contributed by atoms with Crippen molar-refractivity contribution in [3.05, 3.63) is 84.2 Å². The summed E-state index contributed by atoms with van der Waals surface area (Å²) in [6.07, 6.45) is 6.97. The minimum atomic E-state index is 0.248. The van der Waals surface area contributed by atoms with Crippen molar-refractivity contribution in [2.24, 2.45) is 5.41 Å². The molecular weight excluding hydrogens is 384 g/mol. The Morgan fingerprint density at radius 3 is 2.48 bits per heavy atom. The van der Waals surface area contributed by atoms with Crippen LogP contribution in [0.15, 0.2) is 73.1 Å². The molecule has 1 aromatic heterocycles. The Hall–Kier alpha value is -2.76. The standard InChI is InChI=1S/C26H32N4O/c1-2-31-21-26(14-13-22-7-4-3-5-8-22)15-18-30(20-26)19-23-9-11-24(12-10-23)29-25-27-16-6-17-28-25/h3-12,16-17H,2,13-15,18-21H2,1H3,(H,27,28,29)/t26-/m0/s1. The van der Waals surface area contributed by atoms with Crippen molar-refractivity contribution in [2.75, 3.05) is 31.6 Å². The van der Waals surface area contributed by atoms with Gasteiger partial charge in [0.15, 0.2) is 0 Å². The van der Waals surface area contributed by atoms with Gasteiger partial charge in [-0.15, -0.1) is 0 Å². The van der Waals surface area contributed by atoms with Crippen LogP contribution in [0.25, 0.3) is 0 Å². The molecular formula is C26H32N4O. The van der Waals surface area contributed by atoms with Gasteiger partial charge in [-0.3, -0.25) is 4.90 Å². The molecule has 0 unspecified atom stereocenters. The van der Waals surface area contributed by atoms with E-state index in [1.165, 1.54) is 24.0 Å². The molecule has 1 N–H and O–H groups in total. The molecule has 5 heteroatoms. The van der Waals surface area contributed by atoms with Gasteiger partial charge in [0.25, 0.3) is 0 Å². The molecule has 1 saturated heterocycles. The number of aromatic nitrogens is 2. The number of nitrogens with one attached hydrogen (secondary N) is 1. The van der Waals surface area contributed by atoms with Gasteiger partial charge in [-0.2, -0.15) is 0 Å². The normalized spacial score (nSPS) is 18.9. The van der Waals surface area contributed by atoms with Crippen LogP contribution < -0.4 is 5.32 Å². The van der Waals surface area contributed by atoms with E-state index >= 15 is 0 Å². The molecule has 5 nitrogen and oxygen atoms in total. The summed E-state index contributed by atoms with van der Waals surface area (Å²) in [5.74, 6) is 0.619. The van der Waals surface area contributed by atoms with E-state index < -0.39 is 0 Å². The first-order valence-corrected chi connectivity index (χ1v) is 11.2. The number of ether oxygens (including phenoxy) is 1. The van der Waals surface area contributed by atoms with Crippen LogP contribution in [0.2, 0.25) is 0 Å². The van der Waals surface area contributed by atoms with Gasteiger partial charge in [0.2, 0.25) is 5.95 Å². The van der Waals surface area contributed by atoms with E-state index in [0.29, 0.717) is 5.95 Å². The van der Waals surface area contributed by atoms with Crippen LogP contribution in [0.1, 0.15) is 30.9 Å². The lowest BCUT2D eigenvalue weighted by Crippen LogP contribution is -2.32. The predicted molar refractivity (Wildman–Crippen MR) is 125 cm³/mol. The number of likely N-dealkylation sites (tertiary alicyclic amines) is 1. The number of aryl methyl sites for hydroxylation is 1. The molecule has 162 valence electrons. The average molecular weight is 417 g/mol. The molecule has 1 atom stereocenters. The molecule has 1 aliphatic heterocycles. The topological polar surface area (TPSA) is 50.3 Å². The average Bonchev–Trinajstić information content (AvgIpc) is 3.22. The molecule has 2 heterocycles. The highest BCUT2D eigenvalue weighted by Crippen LogP contribution is 2.36. The van der Waals surface area contributed by atoms with E-state index in [9.17, 15) is 0 Å². The first-order chi connectivity index (χ1) is 15.2. The third-order valence-electron chi connectivity index (χ3n) is 6.10. The Morgan fingerprint density at radius 2 is 1.74 bits per heavy atom. The molecule has 3 aromatic rings. The molecule has 31 heavy (non-hydrogen) atoms. The molecule has 1 fully saturated rings. The van der Waals surface area contributed by atoms with E-state index in [1.807, 2.05) is 6.07 Å². The Bertz CT molecular complexity index is 917. The van der Waals surface area contributed by atoms with E-state index in [4.69, 9.17) is 4.74 Å². The van der Waals surface area contributed by atoms with Gasteiger partial charge in [0.1, 0.15) is 0 Å². The second kappa shape index (κ2) is 10.5. The summed E-state index contributed by atoms with van der Waals surface area (Å²) in [6.45, 7) is 6.92. The monoisotopic (exact) mass is 416 g/mol. The number of hydrogen-bond acceptors (Lipinski definition) is 5. The number of hydrogen-bond donors (Lipinski definition) is 1. The summed E-state index contributed by atoms with van der Waals surface area (Å²) >= 11 is 0. The van der Waals surface area contributed by atoms with E-state index in [0.717, 1.165) is 45.0 Å². The number of rotatable bonds is 10.